The zero-order valence-electron chi connectivity index (χ0n) is 14.5. The van der Waals surface area contributed by atoms with E-state index in [0.29, 0.717) is 13.1 Å². The Morgan fingerprint density at radius 2 is 1.50 bits per heavy atom. The van der Waals surface area contributed by atoms with Gasteiger partial charge >= 0.3 is 0 Å². The van der Waals surface area contributed by atoms with Gasteiger partial charge in [-0.15, -0.1) is 0 Å². The van der Waals surface area contributed by atoms with Crippen LogP contribution in [0, 0.1) is 13.8 Å². The first kappa shape index (κ1) is 17.9. The molecule has 3 heteroatoms. The minimum atomic E-state index is 0. The quantitative estimate of drug-likeness (QED) is 0.548. The molecule has 4 rings (SSSR count). The molecule has 0 unspecified atom stereocenters. The van der Waals surface area contributed by atoms with Crippen LogP contribution in [-0.2, 0) is 0 Å². The molecule has 0 radical (unpaired) electrons. The van der Waals surface area contributed by atoms with Crippen LogP contribution in [0.1, 0.15) is 37.2 Å². The largest absolute Gasteiger partial charge is 0.440 e. The summed E-state index contributed by atoms with van der Waals surface area (Å²) in [6.45, 7) is 4.17. The fourth-order valence-electron chi connectivity index (χ4n) is 2.19. The molecule has 1 aliphatic carbocycles. The standard InChI is InChI=1S/C13H13NO.C7H8.CH3F.H2/c1-9-2-4-10(5-3-9)12-8-14-13(15-12)11-6-7-11;1-7-5-3-2-4-6-7;1-2;/h2-5,8,11H,6-7H2,1H3;2-6H,1H3;1H3;1H. The maximum absolute atomic E-state index is 9.50. The highest BCUT2D eigenvalue weighted by Gasteiger charge is 2.28. The summed E-state index contributed by atoms with van der Waals surface area (Å²) in [5.41, 5.74) is 3.70. The Labute approximate surface area is 144 Å². The van der Waals surface area contributed by atoms with E-state index in [9.17, 15) is 4.39 Å². The number of hydrogen-bond acceptors (Lipinski definition) is 2. The van der Waals surface area contributed by atoms with Gasteiger partial charge in [-0.2, -0.15) is 0 Å². The maximum Gasteiger partial charge on any atom is 0.198 e. The van der Waals surface area contributed by atoms with Gasteiger partial charge in [0.05, 0.1) is 13.4 Å². The van der Waals surface area contributed by atoms with Gasteiger partial charge in [-0.1, -0.05) is 65.7 Å². The van der Waals surface area contributed by atoms with Gasteiger partial charge in [0.25, 0.3) is 0 Å². The summed E-state index contributed by atoms with van der Waals surface area (Å²) in [6, 6.07) is 18.6. The normalized spacial score (nSPS) is 12.5. The third kappa shape index (κ3) is 5.34. The maximum atomic E-state index is 9.50. The van der Waals surface area contributed by atoms with Crippen molar-refractivity contribution in [3.05, 3.63) is 77.8 Å². The Balaban J connectivity index is 0.000000267. The number of hydrogen-bond donors (Lipinski definition) is 0. The third-order valence-electron chi connectivity index (χ3n) is 3.73. The molecule has 0 amide bonds. The van der Waals surface area contributed by atoms with Crippen molar-refractivity contribution in [3.63, 3.8) is 0 Å². The van der Waals surface area contributed by atoms with Crippen LogP contribution >= 0.6 is 0 Å². The summed E-state index contributed by atoms with van der Waals surface area (Å²) in [6.07, 6.45) is 4.29. The van der Waals surface area contributed by atoms with Gasteiger partial charge in [-0.05, 0) is 26.7 Å². The van der Waals surface area contributed by atoms with E-state index in [1.54, 1.807) is 0 Å². The first-order valence-electron chi connectivity index (χ1n) is 8.14. The zero-order chi connectivity index (χ0) is 17.4. The summed E-state index contributed by atoms with van der Waals surface area (Å²) >= 11 is 0. The van der Waals surface area contributed by atoms with Crippen LogP contribution < -0.4 is 0 Å². The average molecular weight is 327 g/mol. The number of nitrogens with zero attached hydrogens (tertiary/aromatic N) is 1. The van der Waals surface area contributed by atoms with E-state index in [0.717, 1.165) is 17.2 Å². The number of aromatic nitrogens is 1. The predicted molar refractivity (Wildman–Crippen MR) is 99.0 cm³/mol. The summed E-state index contributed by atoms with van der Waals surface area (Å²) in [4.78, 5) is 4.31. The van der Waals surface area contributed by atoms with Crippen LogP contribution in [-0.4, -0.2) is 12.2 Å². The minimum absolute atomic E-state index is 0. The Morgan fingerprint density at radius 3 is 2.00 bits per heavy atom. The molecule has 1 aliphatic rings. The molecule has 0 aliphatic heterocycles. The predicted octanol–water partition coefficient (Wildman–Crippen LogP) is 6.35. The molecule has 0 saturated heterocycles. The summed E-state index contributed by atoms with van der Waals surface area (Å²) < 4.78 is 15.2. The van der Waals surface area contributed by atoms with Gasteiger partial charge in [0.2, 0.25) is 0 Å². The van der Waals surface area contributed by atoms with Crippen molar-refractivity contribution in [2.75, 3.05) is 7.18 Å². The molecule has 3 aromatic rings. The van der Waals surface area contributed by atoms with Crippen molar-refractivity contribution in [2.45, 2.75) is 32.6 Å². The number of aryl methyl sites for hydroxylation is 2. The van der Waals surface area contributed by atoms with E-state index >= 15 is 0 Å². The van der Waals surface area contributed by atoms with Gasteiger partial charge in [0, 0.05) is 12.9 Å². The van der Waals surface area contributed by atoms with Crippen molar-refractivity contribution in [1.29, 1.82) is 0 Å². The average Bonchev–Trinajstić information content (AvgIpc) is 3.36. The molecule has 2 nitrogen and oxygen atoms in total. The van der Waals surface area contributed by atoms with Crippen LogP contribution in [0.25, 0.3) is 11.3 Å². The Hall–Kier alpha value is -2.42. The molecule has 1 fully saturated rings. The molecular formula is C21H26FNO. The summed E-state index contributed by atoms with van der Waals surface area (Å²) in [7, 11) is 0.500. The summed E-state index contributed by atoms with van der Waals surface area (Å²) in [5, 5.41) is 0. The molecule has 24 heavy (non-hydrogen) atoms. The van der Waals surface area contributed by atoms with E-state index in [1.165, 1.54) is 24.0 Å². The highest BCUT2D eigenvalue weighted by Crippen LogP contribution is 2.40. The molecular weight excluding hydrogens is 301 g/mol. The number of alkyl halides is 1. The van der Waals surface area contributed by atoms with Crippen molar-refractivity contribution < 1.29 is 10.2 Å². The van der Waals surface area contributed by atoms with Crippen molar-refractivity contribution in [1.82, 2.24) is 4.98 Å². The molecule has 1 aromatic heterocycles. The fourth-order valence-corrected chi connectivity index (χ4v) is 2.19. The van der Waals surface area contributed by atoms with Crippen LogP contribution in [0.3, 0.4) is 0 Å². The van der Waals surface area contributed by atoms with Crippen molar-refractivity contribution >= 4 is 0 Å². The number of halogens is 1. The lowest BCUT2D eigenvalue weighted by Gasteiger charge is -1.96. The summed E-state index contributed by atoms with van der Waals surface area (Å²) in [5.74, 6) is 2.38. The molecule has 0 spiro atoms. The van der Waals surface area contributed by atoms with E-state index in [-0.39, 0.29) is 1.43 Å². The van der Waals surface area contributed by atoms with Gasteiger partial charge in [0.15, 0.2) is 11.7 Å². The molecule has 0 N–H and O–H groups in total. The lowest BCUT2D eigenvalue weighted by atomic mass is 10.1. The molecule has 0 bridgehead atoms. The topological polar surface area (TPSA) is 26.0 Å². The molecule has 2 aromatic carbocycles. The lowest BCUT2D eigenvalue weighted by molar-refractivity contribution is 0.509. The highest BCUT2D eigenvalue weighted by atomic mass is 19.1. The molecule has 1 saturated carbocycles. The van der Waals surface area contributed by atoms with Crippen molar-refractivity contribution in [3.8, 4) is 11.3 Å². The number of benzene rings is 2. The Kier molecular flexibility index (Phi) is 6.74. The van der Waals surface area contributed by atoms with Crippen LogP contribution in [0.4, 0.5) is 4.39 Å². The SMILES string of the molecule is CF.Cc1ccc(-c2cnc(C3CC3)o2)cc1.Cc1ccccc1.[HH]. The first-order chi connectivity index (χ1) is 11.7. The smallest absolute Gasteiger partial charge is 0.198 e. The van der Waals surface area contributed by atoms with Crippen LogP contribution in [0.15, 0.2) is 65.2 Å². The van der Waals surface area contributed by atoms with Crippen LogP contribution in [0.5, 0.6) is 0 Å². The lowest BCUT2D eigenvalue weighted by Crippen LogP contribution is -1.75. The van der Waals surface area contributed by atoms with E-state index in [4.69, 9.17) is 4.42 Å². The Morgan fingerprint density at radius 1 is 0.917 bits per heavy atom. The second kappa shape index (κ2) is 9.02. The van der Waals surface area contributed by atoms with E-state index < -0.39 is 0 Å². The Bertz CT molecular complexity index is 721. The van der Waals surface area contributed by atoms with Gasteiger partial charge in [-0.25, -0.2) is 4.98 Å². The molecule has 0 atom stereocenters. The zero-order valence-corrected chi connectivity index (χ0v) is 14.5. The monoisotopic (exact) mass is 327 g/mol. The molecule has 128 valence electrons. The highest BCUT2D eigenvalue weighted by molar-refractivity contribution is 5.56. The van der Waals surface area contributed by atoms with Crippen LogP contribution in [0.2, 0.25) is 0 Å². The van der Waals surface area contributed by atoms with Crippen molar-refractivity contribution in [2.24, 2.45) is 0 Å². The van der Waals surface area contributed by atoms with E-state index in [2.05, 4.69) is 55.2 Å². The number of oxazole rings is 1. The minimum Gasteiger partial charge on any atom is -0.440 e. The second-order valence-corrected chi connectivity index (χ2v) is 5.86. The first-order valence-corrected chi connectivity index (χ1v) is 8.14. The van der Waals surface area contributed by atoms with Gasteiger partial charge in [0.1, 0.15) is 0 Å². The third-order valence-corrected chi connectivity index (χ3v) is 3.73. The second-order valence-electron chi connectivity index (χ2n) is 5.86. The fraction of sp³-hybridized carbons (Fsp3) is 0.286. The van der Waals surface area contributed by atoms with Gasteiger partial charge < -0.3 is 4.42 Å². The van der Waals surface area contributed by atoms with E-state index in [1.807, 2.05) is 24.4 Å². The number of rotatable bonds is 2. The van der Waals surface area contributed by atoms with Gasteiger partial charge in [-0.3, -0.25) is 4.39 Å². The molecule has 1 heterocycles.